The lowest BCUT2D eigenvalue weighted by atomic mass is 9.78. The molecule has 140 valence electrons. The number of carbonyl (C=O) groups is 2. The standard InChI is InChI=1S/C19H24N2O5/c1-25-13-4-2-12(3-5-13)20-8-10-21(11-9-20)18(22)16-14-6-7-15(26-14)17(16)19(23)24/h2-5,14-17H,6-11H2,1H3,(H,23,24)/t14-,15-,16+,17-/m0/s1. The molecular formula is C19H24N2O5. The van der Waals surface area contributed by atoms with Crippen LogP contribution >= 0.6 is 0 Å². The van der Waals surface area contributed by atoms with Crippen molar-refractivity contribution in [3.8, 4) is 5.75 Å². The summed E-state index contributed by atoms with van der Waals surface area (Å²) in [5.74, 6) is -1.37. The number of hydrogen-bond acceptors (Lipinski definition) is 5. The molecule has 7 nitrogen and oxygen atoms in total. The molecular weight excluding hydrogens is 336 g/mol. The van der Waals surface area contributed by atoms with E-state index in [1.807, 2.05) is 29.2 Å². The van der Waals surface area contributed by atoms with Gasteiger partial charge < -0.3 is 24.4 Å². The van der Waals surface area contributed by atoms with E-state index in [1.54, 1.807) is 7.11 Å². The quantitative estimate of drug-likeness (QED) is 0.870. The van der Waals surface area contributed by atoms with E-state index in [1.165, 1.54) is 0 Å². The van der Waals surface area contributed by atoms with Crippen molar-refractivity contribution in [2.75, 3.05) is 38.2 Å². The lowest BCUT2D eigenvalue weighted by Gasteiger charge is -2.38. The second-order valence-electron chi connectivity index (χ2n) is 7.19. The number of ether oxygens (including phenoxy) is 2. The van der Waals surface area contributed by atoms with Crippen LogP contribution in [0.4, 0.5) is 5.69 Å². The summed E-state index contributed by atoms with van der Waals surface area (Å²) in [6, 6.07) is 7.88. The van der Waals surface area contributed by atoms with Crippen LogP contribution in [0.25, 0.3) is 0 Å². The van der Waals surface area contributed by atoms with Crippen LogP contribution in [0.2, 0.25) is 0 Å². The molecule has 3 heterocycles. The van der Waals surface area contributed by atoms with Crippen molar-refractivity contribution in [2.24, 2.45) is 11.8 Å². The van der Waals surface area contributed by atoms with E-state index in [-0.39, 0.29) is 18.1 Å². The summed E-state index contributed by atoms with van der Waals surface area (Å²) in [5, 5.41) is 9.52. The maximum atomic E-state index is 13.0. The smallest absolute Gasteiger partial charge is 0.310 e. The van der Waals surface area contributed by atoms with E-state index in [9.17, 15) is 14.7 Å². The summed E-state index contributed by atoms with van der Waals surface area (Å²) in [6.45, 7) is 2.67. The topological polar surface area (TPSA) is 79.3 Å². The molecule has 0 aliphatic carbocycles. The summed E-state index contributed by atoms with van der Waals surface area (Å²) in [4.78, 5) is 28.6. The number of methoxy groups -OCH3 is 1. The second kappa shape index (κ2) is 6.79. The first-order valence-corrected chi connectivity index (χ1v) is 9.14. The average Bonchev–Trinajstić information content (AvgIpc) is 3.29. The minimum atomic E-state index is -0.910. The fourth-order valence-corrected chi connectivity index (χ4v) is 4.49. The van der Waals surface area contributed by atoms with Gasteiger partial charge in [0, 0.05) is 31.9 Å². The Morgan fingerprint density at radius 1 is 1.04 bits per heavy atom. The molecule has 1 amide bonds. The number of fused-ring (bicyclic) bond motifs is 2. The minimum Gasteiger partial charge on any atom is -0.497 e. The third-order valence-electron chi connectivity index (χ3n) is 5.87. The third kappa shape index (κ3) is 2.90. The van der Waals surface area contributed by atoms with E-state index >= 15 is 0 Å². The average molecular weight is 360 g/mol. The van der Waals surface area contributed by atoms with Crippen LogP contribution in [-0.4, -0.2) is 67.4 Å². The zero-order chi connectivity index (χ0) is 18.3. The van der Waals surface area contributed by atoms with Crippen LogP contribution in [0, 0.1) is 11.8 Å². The normalized spacial score (nSPS) is 30.5. The van der Waals surface area contributed by atoms with E-state index < -0.39 is 17.8 Å². The van der Waals surface area contributed by atoms with Gasteiger partial charge in [0.15, 0.2) is 0 Å². The van der Waals surface area contributed by atoms with Crippen molar-refractivity contribution in [1.82, 2.24) is 4.90 Å². The molecule has 0 aromatic heterocycles. The Balaban J connectivity index is 1.39. The highest BCUT2D eigenvalue weighted by molar-refractivity contribution is 5.86. The zero-order valence-electron chi connectivity index (χ0n) is 14.8. The highest BCUT2D eigenvalue weighted by Crippen LogP contribution is 2.44. The molecule has 3 saturated heterocycles. The van der Waals surface area contributed by atoms with Crippen molar-refractivity contribution in [1.29, 1.82) is 0 Å². The molecule has 4 atom stereocenters. The largest absolute Gasteiger partial charge is 0.497 e. The SMILES string of the molecule is COc1ccc(N2CCN(C(=O)[C@H]3[C@@H](C(=O)O)[C@@H]4CC[C@@H]3O4)CC2)cc1. The Morgan fingerprint density at radius 2 is 1.65 bits per heavy atom. The highest BCUT2D eigenvalue weighted by Gasteiger charge is 2.56. The van der Waals surface area contributed by atoms with Crippen LogP contribution in [0.5, 0.6) is 5.75 Å². The third-order valence-corrected chi connectivity index (χ3v) is 5.87. The molecule has 26 heavy (non-hydrogen) atoms. The molecule has 1 N–H and O–H groups in total. The Labute approximate surface area is 152 Å². The van der Waals surface area contributed by atoms with Gasteiger partial charge in [0.2, 0.25) is 5.91 Å². The lowest BCUT2D eigenvalue weighted by Crippen LogP contribution is -2.53. The molecule has 1 aromatic carbocycles. The molecule has 3 aliphatic rings. The summed E-state index contributed by atoms with van der Waals surface area (Å²) in [5.41, 5.74) is 1.10. The lowest BCUT2D eigenvalue weighted by molar-refractivity contribution is -0.151. The predicted octanol–water partition coefficient (Wildman–Crippen LogP) is 1.22. The Bertz CT molecular complexity index is 684. The molecule has 4 rings (SSSR count). The zero-order valence-corrected chi connectivity index (χ0v) is 14.8. The van der Waals surface area contributed by atoms with Gasteiger partial charge in [-0.05, 0) is 37.1 Å². The van der Waals surface area contributed by atoms with Gasteiger partial charge in [0.05, 0.1) is 31.2 Å². The summed E-state index contributed by atoms with van der Waals surface area (Å²) in [6.07, 6.45) is 1.01. The van der Waals surface area contributed by atoms with Crippen molar-refractivity contribution < 1.29 is 24.2 Å². The van der Waals surface area contributed by atoms with Crippen molar-refractivity contribution in [3.05, 3.63) is 24.3 Å². The van der Waals surface area contributed by atoms with E-state index in [0.29, 0.717) is 13.1 Å². The summed E-state index contributed by atoms with van der Waals surface area (Å²) < 4.78 is 10.9. The fraction of sp³-hybridized carbons (Fsp3) is 0.579. The predicted molar refractivity (Wildman–Crippen MR) is 94.3 cm³/mol. The van der Waals surface area contributed by atoms with Gasteiger partial charge in [-0.2, -0.15) is 0 Å². The van der Waals surface area contributed by atoms with Gasteiger partial charge in [0.1, 0.15) is 5.75 Å². The van der Waals surface area contributed by atoms with Crippen LogP contribution in [0.3, 0.4) is 0 Å². The number of amides is 1. The molecule has 7 heteroatoms. The second-order valence-corrected chi connectivity index (χ2v) is 7.19. The van der Waals surface area contributed by atoms with Crippen molar-refractivity contribution in [3.63, 3.8) is 0 Å². The summed E-state index contributed by atoms with van der Waals surface area (Å²) in [7, 11) is 1.64. The molecule has 0 unspecified atom stereocenters. The van der Waals surface area contributed by atoms with Crippen LogP contribution in [0.1, 0.15) is 12.8 Å². The monoisotopic (exact) mass is 360 g/mol. The number of rotatable bonds is 4. The van der Waals surface area contributed by atoms with Gasteiger partial charge in [-0.25, -0.2) is 0 Å². The van der Waals surface area contributed by atoms with E-state index in [0.717, 1.165) is 37.4 Å². The van der Waals surface area contributed by atoms with Crippen LogP contribution < -0.4 is 9.64 Å². The minimum absolute atomic E-state index is 0.0565. The Morgan fingerprint density at radius 3 is 2.23 bits per heavy atom. The molecule has 3 fully saturated rings. The van der Waals surface area contributed by atoms with Gasteiger partial charge in [-0.15, -0.1) is 0 Å². The number of carbonyl (C=O) groups excluding carboxylic acids is 1. The maximum Gasteiger partial charge on any atom is 0.310 e. The van der Waals surface area contributed by atoms with Gasteiger partial charge in [0.25, 0.3) is 0 Å². The van der Waals surface area contributed by atoms with E-state index in [2.05, 4.69) is 4.90 Å². The number of piperazine rings is 1. The van der Waals surface area contributed by atoms with Crippen molar-refractivity contribution >= 4 is 17.6 Å². The number of aliphatic carboxylic acids is 1. The number of carboxylic acid groups (broad SMARTS) is 1. The molecule has 1 aromatic rings. The molecule has 0 saturated carbocycles. The maximum absolute atomic E-state index is 13.0. The van der Waals surface area contributed by atoms with E-state index in [4.69, 9.17) is 9.47 Å². The molecule has 3 aliphatic heterocycles. The number of hydrogen-bond donors (Lipinski definition) is 1. The number of nitrogens with zero attached hydrogens (tertiary/aromatic N) is 2. The first-order valence-electron chi connectivity index (χ1n) is 9.14. The number of benzene rings is 1. The Hall–Kier alpha value is -2.28. The molecule has 0 radical (unpaired) electrons. The first-order chi connectivity index (χ1) is 12.6. The summed E-state index contributed by atoms with van der Waals surface area (Å²) >= 11 is 0. The van der Waals surface area contributed by atoms with Crippen molar-refractivity contribution in [2.45, 2.75) is 25.0 Å². The highest BCUT2D eigenvalue weighted by atomic mass is 16.5. The number of carboxylic acids is 1. The molecule has 0 spiro atoms. The Kier molecular flexibility index (Phi) is 4.48. The van der Waals surface area contributed by atoms with Gasteiger partial charge in [-0.3, -0.25) is 9.59 Å². The number of anilines is 1. The first kappa shape index (κ1) is 17.1. The van der Waals surface area contributed by atoms with Crippen LogP contribution in [-0.2, 0) is 14.3 Å². The molecule has 2 bridgehead atoms. The fourth-order valence-electron chi connectivity index (χ4n) is 4.49. The van der Waals surface area contributed by atoms with Crippen LogP contribution in [0.15, 0.2) is 24.3 Å². The van der Waals surface area contributed by atoms with Gasteiger partial charge in [-0.1, -0.05) is 0 Å². The van der Waals surface area contributed by atoms with Gasteiger partial charge >= 0.3 is 5.97 Å².